The smallest absolute Gasteiger partial charge is 0.291 e. The lowest BCUT2D eigenvalue weighted by Crippen LogP contribution is -2.41. The summed E-state index contributed by atoms with van der Waals surface area (Å²) in [4.78, 5) is 26.0. The lowest BCUT2D eigenvalue weighted by atomic mass is 10.4. The summed E-state index contributed by atoms with van der Waals surface area (Å²) in [5.74, 6) is -1.04. The van der Waals surface area contributed by atoms with Gasteiger partial charge in [-0.2, -0.15) is 0 Å². The maximum absolute atomic E-state index is 11.7. The third-order valence-corrected chi connectivity index (χ3v) is 2.25. The maximum Gasteiger partial charge on any atom is 0.291 e. The quantitative estimate of drug-likeness (QED) is 0.684. The Bertz CT molecular complexity index is 561. The zero-order valence-electron chi connectivity index (χ0n) is 10.1. The second kappa shape index (κ2) is 5.83. The molecule has 2 heterocycles. The fraction of sp³-hybridized carbons (Fsp3) is 0.182. The standard InChI is InChI=1S/C11H12N4O4/c1-18-6-7-2-3-8(12-7)10(16)13-14-11(17)9-4-5-19-15-9/h2-5,12H,6H2,1H3,(H,13,16)(H,14,17). The van der Waals surface area contributed by atoms with Gasteiger partial charge in [0.1, 0.15) is 12.0 Å². The first-order valence-electron chi connectivity index (χ1n) is 5.38. The second-order valence-corrected chi connectivity index (χ2v) is 3.62. The van der Waals surface area contributed by atoms with Gasteiger partial charge in [0.05, 0.1) is 6.61 Å². The van der Waals surface area contributed by atoms with Crippen LogP contribution in [0, 0.1) is 0 Å². The van der Waals surface area contributed by atoms with Gasteiger partial charge in [0.25, 0.3) is 11.8 Å². The van der Waals surface area contributed by atoms with Crippen LogP contribution < -0.4 is 10.9 Å². The zero-order chi connectivity index (χ0) is 13.7. The van der Waals surface area contributed by atoms with Crippen molar-refractivity contribution >= 4 is 11.8 Å². The lowest BCUT2D eigenvalue weighted by Gasteiger charge is -2.04. The fourth-order valence-electron chi connectivity index (χ4n) is 1.39. The summed E-state index contributed by atoms with van der Waals surface area (Å²) in [6.45, 7) is 0.374. The number of hydrogen-bond acceptors (Lipinski definition) is 5. The van der Waals surface area contributed by atoms with E-state index in [0.29, 0.717) is 12.3 Å². The van der Waals surface area contributed by atoms with Gasteiger partial charge in [0, 0.05) is 18.9 Å². The van der Waals surface area contributed by atoms with Crippen LogP contribution in [0.2, 0.25) is 0 Å². The van der Waals surface area contributed by atoms with Gasteiger partial charge in [-0.05, 0) is 12.1 Å². The maximum atomic E-state index is 11.7. The molecule has 0 saturated heterocycles. The number of nitrogens with one attached hydrogen (secondary N) is 3. The Kier molecular flexibility index (Phi) is 3.94. The van der Waals surface area contributed by atoms with Crippen LogP contribution in [0.5, 0.6) is 0 Å². The summed E-state index contributed by atoms with van der Waals surface area (Å²) in [5.41, 5.74) is 5.61. The van der Waals surface area contributed by atoms with Crippen molar-refractivity contribution in [3.05, 3.63) is 41.5 Å². The molecule has 0 aromatic carbocycles. The number of rotatable bonds is 4. The van der Waals surface area contributed by atoms with E-state index in [-0.39, 0.29) is 5.69 Å². The van der Waals surface area contributed by atoms with E-state index in [9.17, 15) is 9.59 Å². The predicted molar refractivity (Wildman–Crippen MR) is 62.9 cm³/mol. The topological polar surface area (TPSA) is 109 Å². The van der Waals surface area contributed by atoms with Gasteiger partial charge in [0.15, 0.2) is 5.69 Å². The Labute approximate surface area is 108 Å². The van der Waals surface area contributed by atoms with E-state index in [4.69, 9.17) is 4.74 Å². The van der Waals surface area contributed by atoms with E-state index < -0.39 is 11.8 Å². The van der Waals surface area contributed by atoms with Crippen molar-refractivity contribution in [2.75, 3.05) is 7.11 Å². The molecule has 0 aliphatic heterocycles. The Balaban J connectivity index is 1.88. The number of aromatic nitrogens is 2. The molecule has 0 aliphatic carbocycles. The summed E-state index contributed by atoms with van der Waals surface area (Å²) in [6, 6.07) is 4.69. The van der Waals surface area contributed by atoms with E-state index >= 15 is 0 Å². The normalized spacial score (nSPS) is 10.2. The number of hydrogen-bond donors (Lipinski definition) is 3. The van der Waals surface area contributed by atoms with Crippen LogP contribution >= 0.6 is 0 Å². The Morgan fingerprint density at radius 3 is 2.79 bits per heavy atom. The van der Waals surface area contributed by atoms with Gasteiger partial charge in [-0.3, -0.25) is 20.4 Å². The third-order valence-electron chi connectivity index (χ3n) is 2.25. The van der Waals surface area contributed by atoms with Crippen molar-refractivity contribution in [2.24, 2.45) is 0 Å². The number of carbonyl (C=O) groups excluding carboxylic acids is 2. The van der Waals surface area contributed by atoms with Gasteiger partial charge in [-0.1, -0.05) is 5.16 Å². The lowest BCUT2D eigenvalue weighted by molar-refractivity contribution is 0.0839. The molecule has 19 heavy (non-hydrogen) atoms. The van der Waals surface area contributed by atoms with Gasteiger partial charge < -0.3 is 14.2 Å². The highest BCUT2D eigenvalue weighted by atomic mass is 16.5. The molecule has 8 nitrogen and oxygen atoms in total. The fourth-order valence-corrected chi connectivity index (χ4v) is 1.39. The van der Waals surface area contributed by atoms with Crippen LogP contribution in [0.1, 0.15) is 26.7 Å². The molecular formula is C11H12N4O4. The van der Waals surface area contributed by atoms with E-state index in [0.717, 1.165) is 5.69 Å². The van der Waals surface area contributed by atoms with Crippen LogP contribution in [0.3, 0.4) is 0 Å². The van der Waals surface area contributed by atoms with E-state index in [1.807, 2.05) is 0 Å². The molecule has 2 amide bonds. The molecule has 3 N–H and O–H groups in total. The molecule has 0 spiro atoms. The van der Waals surface area contributed by atoms with Gasteiger partial charge in [0.2, 0.25) is 0 Å². The summed E-state index contributed by atoms with van der Waals surface area (Å²) >= 11 is 0. The molecular weight excluding hydrogens is 252 g/mol. The first-order valence-corrected chi connectivity index (χ1v) is 5.38. The van der Waals surface area contributed by atoms with Crippen molar-refractivity contribution in [3.8, 4) is 0 Å². The molecule has 0 saturated carbocycles. The number of aromatic amines is 1. The molecule has 0 atom stereocenters. The third kappa shape index (κ3) is 3.19. The monoisotopic (exact) mass is 264 g/mol. The number of methoxy groups -OCH3 is 1. The highest BCUT2D eigenvalue weighted by Crippen LogP contribution is 2.02. The van der Waals surface area contributed by atoms with Crippen LogP contribution in [-0.4, -0.2) is 29.1 Å². The van der Waals surface area contributed by atoms with Gasteiger partial charge >= 0.3 is 0 Å². The first-order chi connectivity index (χ1) is 9.20. The van der Waals surface area contributed by atoms with Crippen molar-refractivity contribution in [1.82, 2.24) is 21.0 Å². The predicted octanol–water partition coefficient (Wildman–Crippen LogP) is 0.224. The zero-order valence-corrected chi connectivity index (χ0v) is 10.1. The second-order valence-electron chi connectivity index (χ2n) is 3.62. The summed E-state index contributed by atoms with van der Waals surface area (Å²) in [5, 5.41) is 3.43. The molecule has 100 valence electrons. The van der Waals surface area contributed by atoms with E-state index in [2.05, 4.69) is 25.5 Å². The van der Waals surface area contributed by atoms with Gasteiger partial charge in [-0.15, -0.1) is 0 Å². The molecule has 0 radical (unpaired) electrons. The molecule has 2 rings (SSSR count). The summed E-state index contributed by atoms with van der Waals surface area (Å²) in [6.07, 6.45) is 1.26. The Hall–Kier alpha value is -2.61. The Morgan fingerprint density at radius 2 is 2.11 bits per heavy atom. The average molecular weight is 264 g/mol. The molecule has 8 heteroatoms. The minimum absolute atomic E-state index is 0.0758. The Morgan fingerprint density at radius 1 is 1.32 bits per heavy atom. The highest BCUT2D eigenvalue weighted by Gasteiger charge is 2.12. The van der Waals surface area contributed by atoms with Crippen molar-refractivity contribution in [2.45, 2.75) is 6.61 Å². The average Bonchev–Trinajstić information content (AvgIpc) is 3.06. The minimum atomic E-state index is -0.564. The van der Waals surface area contributed by atoms with Crippen LogP contribution in [0.15, 0.2) is 29.0 Å². The summed E-state index contributed by atoms with van der Waals surface area (Å²) in [7, 11) is 1.55. The van der Waals surface area contributed by atoms with Gasteiger partial charge in [-0.25, -0.2) is 0 Å². The number of ether oxygens (including phenoxy) is 1. The number of nitrogens with zero attached hydrogens (tertiary/aromatic N) is 1. The van der Waals surface area contributed by atoms with Crippen LogP contribution in [-0.2, 0) is 11.3 Å². The van der Waals surface area contributed by atoms with E-state index in [1.54, 1.807) is 19.2 Å². The number of amides is 2. The van der Waals surface area contributed by atoms with Crippen molar-refractivity contribution < 1.29 is 18.8 Å². The number of H-pyrrole nitrogens is 1. The van der Waals surface area contributed by atoms with Crippen molar-refractivity contribution in [1.29, 1.82) is 0 Å². The molecule has 0 bridgehead atoms. The minimum Gasteiger partial charge on any atom is -0.378 e. The van der Waals surface area contributed by atoms with Crippen LogP contribution in [0.4, 0.5) is 0 Å². The first kappa shape index (κ1) is 12.8. The van der Waals surface area contributed by atoms with Crippen molar-refractivity contribution in [3.63, 3.8) is 0 Å². The molecule has 0 aliphatic rings. The molecule has 2 aromatic rings. The molecule has 2 aromatic heterocycles. The molecule has 0 fully saturated rings. The summed E-state index contributed by atoms with van der Waals surface area (Å²) < 4.78 is 9.43. The molecule has 0 unspecified atom stereocenters. The number of hydrazine groups is 1. The van der Waals surface area contributed by atoms with E-state index in [1.165, 1.54) is 12.3 Å². The SMILES string of the molecule is COCc1ccc(C(=O)NNC(=O)c2ccon2)[nH]1. The number of carbonyl (C=O) groups is 2. The highest BCUT2D eigenvalue weighted by molar-refractivity contribution is 5.97. The van der Waals surface area contributed by atoms with Crippen LogP contribution in [0.25, 0.3) is 0 Å². The largest absolute Gasteiger partial charge is 0.378 e.